The van der Waals surface area contributed by atoms with Crippen molar-refractivity contribution in [3.8, 4) is 0 Å². The summed E-state index contributed by atoms with van der Waals surface area (Å²) in [5.41, 5.74) is 5.24. The molecule has 3 N–H and O–H groups in total. The molecule has 0 aliphatic heterocycles. The molecule has 0 radical (unpaired) electrons. The van der Waals surface area contributed by atoms with E-state index in [2.05, 4.69) is 51.7 Å². The van der Waals surface area contributed by atoms with Crippen LogP contribution in [0, 0.1) is 6.92 Å². The summed E-state index contributed by atoms with van der Waals surface area (Å²) in [6, 6.07) is 2.09. The van der Waals surface area contributed by atoms with Crippen LogP contribution in [0.25, 0.3) is 0 Å². The number of thiophene rings is 1. The first-order chi connectivity index (χ1) is 8.69. The third-order valence-corrected chi connectivity index (χ3v) is 4.57. The molecule has 4 nitrogen and oxygen atoms in total. The second-order valence-corrected chi connectivity index (χ2v) is 5.97. The molecule has 0 aliphatic rings. The van der Waals surface area contributed by atoms with Crippen LogP contribution in [0.15, 0.2) is 22.1 Å². The molecule has 98 valence electrons. The zero-order valence-corrected chi connectivity index (χ0v) is 12.9. The van der Waals surface area contributed by atoms with Gasteiger partial charge in [0, 0.05) is 11.4 Å². The third-order valence-electron chi connectivity index (χ3n) is 2.87. The van der Waals surface area contributed by atoms with Crippen LogP contribution < -0.4 is 11.3 Å². The van der Waals surface area contributed by atoms with Crippen molar-refractivity contribution in [1.82, 2.24) is 15.2 Å². The van der Waals surface area contributed by atoms with Crippen molar-refractivity contribution in [2.45, 2.75) is 32.9 Å². The number of nitrogens with zero attached hydrogens (tertiary/aromatic N) is 2. The van der Waals surface area contributed by atoms with E-state index in [9.17, 15) is 0 Å². The molecule has 2 aromatic heterocycles. The van der Waals surface area contributed by atoms with E-state index in [4.69, 9.17) is 5.84 Å². The highest BCUT2D eigenvalue weighted by molar-refractivity contribution is 9.10. The Kier molecular flexibility index (Phi) is 4.55. The van der Waals surface area contributed by atoms with Gasteiger partial charge in [0.15, 0.2) is 0 Å². The molecule has 0 amide bonds. The first-order valence-corrected chi connectivity index (χ1v) is 7.57. The number of rotatable bonds is 5. The first-order valence-electron chi connectivity index (χ1n) is 5.90. The van der Waals surface area contributed by atoms with Crippen LogP contribution in [0.3, 0.4) is 0 Å². The zero-order chi connectivity index (χ0) is 13.1. The molecule has 0 saturated heterocycles. The zero-order valence-electron chi connectivity index (χ0n) is 10.5. The number of halogens is 1. The molecule has 2 rings (SSSR count). The molecule has 0 aliphatic carbocycles. The Morgan fingerprint density at radius 1 is 1.61 bits per heavy atom. The van der Waals surface area contributed by atoms with E-state index in [1.165, 1.54) is 10.4 Å². The molecule has 18 heavy (non-hydrogen) atoms. The average Bonchev–Trinajstić information content (AvgIpc) is 2.91. The topological polar surface area (TPSA) is 55.9 Å². The van der Waals surface area contributed by atoms with Crippen LogP contribution in [0.4, 0.5) is 0 Å². The average molecular weight is 329 g/mol. The van der Waals surface area contributed by atoms with E-state index in [-0.39, 0.29) is 6.04 Å². The Labute approximate surface area is 119 Å². The molecule has 6 heteroatoms. The maximum absolute atomic E-state index is 5.75. The second kappa shape index (κ2) is 5.97. The van der Waals surface area contributed by atoms with Crippen molar-refractivity contribution in [2.24, 2.45) is 5.84 Å². The highest BCUT2D eigenvalue weighted by Gasteiger charge is 2.22. The fraction of sp³-hybridized carbons (Fsp3) is 0.417. The molecule has 1 atom stereocenters. The smallest absolute Gasteiger partial charge is 0.0984 e. The fourth-order valence-electron chi connectivity index (χ4n) is 2.01. The van der Waals surface area contributed by atoms with Gasteiger partial charge in [-0.25, -0.2) is 5.43 Å². The number of aromatic nitrogens is 2. The molecular weight excluding hydrogens is 312 g/mol. The number of hydrazine groups is 1. The quantitative estimate of drug-likeness (QED) is 0.655. The van der Waals surface area contributed by atoms with E-state index >= 15 is 0 Å². The number of hydrogen-bond acceptors (Lipinski definition) is 4. The van der Waals surface area contributed by atoms with E-state index < -0.39 is 0 Å². The summed E-state index contributed by atoms with van der Waals surface area (Å²) in [4.78, 5) is 1.23. The third kappa shape index (κ3) is 2.51. The lowest BCUT2D eigenvalue weighted by atomic mass is 10.1. The van der Waals surface area contributed by atoms with E-state index in [0.717, 1.165) is 23.1 Å². The lowest BCUT2D eigenvalue weighted by molar-refractivity contribution is 0.522. The second-order valence-electron chi connectivity index (χ2n) is 4.17. The predicted octanol–water partition coefficient (Wildman–Crippen LogP) is 2.98. The van der Waals surface area contributed by atoms with E-state index in [0.29, 0.717) is 0 Å². The van der Waals surface area contributed by atoms with Gasteiger partial charge in [-0.2, -0.15) is 5.10 Å². The van der Waals surface area contributed by atoms with Crippen LogP contribution >= 0.6 is 27.3 Å². The predicted molar refractivity (Wildman–Crippen MR) is 78.4 cm³/mol. The van der Waals surface area contributed by atoms with Crippen LogP contribution in [0.2, 0.25) is 0 Å². The summed E-state index contributed by atoms with van der Waals surface area (Å²) >= 11 is 5.28. The van der Waals surface area contributed by atoms with Crippen LogP contribution in [-0.4, -0.2) is 9.78 Å². The van der Waals surface area contributed by atoms with Crippen molar-refractivity contribution in [1.29, 1.82) is 0 Å². The Bertz CT molecular complexity index is 520. The Morgan fingerprint density at radius 2 is 2.39 bits per heavy atom. The largest absolute Gasteiger partial charge is 0.270 e. The van der Waals surface area contributed by atoms with Crippen molar-refractivity contribution in [3.05, 3.63) is 38.3 Å². The van der Waals surface area contributed by atoms with E-state index in [1.807, 2.05) is 10.9 Å². The summed E-state index contributed by atoms with van der Waals surface area (Å²) in [5.74, 6) is 5.75. The van der Waals surface area contributed by atoms with Gasteiger partial charge >= 0.3 is 0 Å². The highest BCUT2D eigenvalue weighted by atomic mass is 79.9. The minimum atomic E-state index is -0.0200. The van der Waals surface area contributed by atoms with Gasteiger partial charge in [-0.1, -0.05) is 6.92 Å². The van der Waals surface area contributed by atoms with Crippen molar-refractivity contribution < 1.29 is 0 Å². The lowest BCUT2D eigenvalue weighted by Gasteiger charge is -2.18. The van der Waals surface area contributed by atoms with Crippen LogP contribution in [0.5, 0.6) is 0 Å². The minimum Gasteiger partial charge on any atom is -0.270 e. The number of nitrogens with one attached hydrogen (secondary N) is 1. The van der Waals surface area contributed by atoms with Crippen molar-refractivity contribution in [3.63, 3.8) is 0 Å². The number of nitrogens with two attached hydrogens (primary N) is 1. The molecule has 2 aromatic rings. The van der Waals surface area contributed by atoms with Gasteiger partial charge in [-0.15, -0.1) is 11.3 Å². The summed E-state index contributed by atoms with van der Waals surface area (Å²) < 4.78 is 3.00. The highest BCUT2D eigenvalue weighted by Crippen LogP contribution is 2.32. The van der Waals surface area contributed by atoms with Crippen molar-refractivity contribution >= 4 is 27.3 Å². The van der Waals surface area contributed by atoms with Gasteiger partial charge in [0.1, 0.15) is 0 Å². The Balaban J connectivity index is 2.45. The number of hydrogen-bond donors (Lipinski definition) is 2. The molecule has 0 fully saturated rings. The Morgan fingerprint density at radius 3 is 2.94 bits per heavy atom. The van der Waals surface area contributed by atoms with Gasteiger partial charge in [0.2, 0.25) is 0 Å². The first kappa shape index (κ1) is 13.7. The molecule has 2 heterocycles. The summed E-state index contributed by atoms with van der Waals surface area (Å²) in [6.07, 6.45) is 2.88. The van der Waals surface area contributed by atoms with Crippen LogP contribution in [-0.2, 0) is 6.54 Å². The van der Waals surface area contributed by atoms with Crippen molar-refractivity contribution in [2.75, 3.05) is 0 Å². The van der Waals surface area contributed by atoms with Gasteiger partial charge in [-0.3, -0.25) is 10.5 Å². The molecule has 1 unspecified atom stereocenters. The normalized spacial score (nSPS) is 12.9. The molecule has 0 saturated carbocycles. The SMILES string of the molecule is CCCn1ncc(Br)c1C(NN)c1sccc1C. The summed E-state index contributed by atoms with van der Waals surface area (Å²) in [5, 5.41) is 6.48. The van der Waals surface area contributed by atoms with Gasteiger partial charge in [0.05, 0.1) is 22.4 Å². The lowest BCUT2D eigenvalue weighted by Crippen LogP contribution is -2.31. The monoisotopic (exact) mass is 328 g/mol. The maximum Gasteiger partial charge on any atom is 0.0984 e. The molecule has 0 aromatic carbocycles. The molecular formula is C12H17BrN4S. The maximum atomic E-state index is 5.75. The molecule has 0 spiro atoms. The van der Waals surface area contributed by atoms with Gasteiger partial charge in [0.25, 0.3) is 0 Å². The molecule has 0 bridgehead atoms. The van der Waals surface area contributed by atoms with E-state index in [1.54, 1.807) is 11.3 Å². The Hall–Kier alpha value is -0.690. The summed E-state index contributed by atoms with van der Waals surface area (Å²) in [6.45, 7) is 5.13. The fourth-order valence-corrected chi connectivity index (χ4v) is 3.52. The number of aryl methyl sites for hydroxylation is 2. The van der Waals surface area contributed by atoms with Gasteiger partial charge < -0.3 is 0 Å². The van der Waals surface area contributed by atoms with Gasteiger partial charge in [-0.05, 0) is 46.3 Å². The summed E-state index contributed by atoms with van der Waals surface area (Å²) in [7, 11) is 0. The minimum absolute atomic E-state index is 0.0200. The van der Waals surface area contributed by atoms with Crippen LogP contribution in [0.1, 0.15) is 35.5 Å². The standard InChI is InChI=1S/C12H17BrN4S/c1-3-5-17-11(9(13)7-15-17)10(16-14)12-8(2)4-6-18-12/h4,6-7,10,16H,3,5,14H2,1-2H3.